The molecule has 2 N–H and O–H groups in total. The summed E-state index contributed by atoms with van der Waals surface area (Å²) in [4.78, 5) is 34.8. The number of nitrogens with zero attached hydrogens (tertiary/aromatic N) is 3. The molecule has 158 valence electrons. The van der Waals surface area contributed by atoms with Crippen LogP contribution in [-0.2, 0) is 9.59 Å². The second kappa shape index (κ2) is 8.86. The summed E-state index contributed by atoms with van der Waals surface area (Å²) in [5, 5.41) is 7.03. The molecule has 0 radical (unpaired) electrons. The SMILES string of the molecule is CC(=O)N[C@H]1CC[C@H](Nc2ncc(Cl)c(C3CCCN(C(=O)C4CC4)C3)n2)CC1. The van der Waals surface area contributed by atoms with Gasteiger partial charge in [-0.2, -0.15) is 0 Å². The maximum Gasteiger partial charge on any atom is 0.225 e. The lowest BCUT2D eigenvalue weighted by Crippen LogP contribution is -2.40. The number of halogens is 1. The van der Waals surface area contributed by atoms with Crippen LogP contribution in [0.15, 0.2) is 6.20 Å². The summed E-state index contributed by atoms with van der Waals surface area (Å²) in [6.07, 6.45) is 9.58. The molecule has 2 amide bonds. The Balaban J connectivity index is 1.37. The van der Waals surface area contributed by atoms with Gasteiger partial charge in [-0.05, 0) is 51.4 Å². The molecule has 1 unspecified atom stereocenters. The fraction of sp³-hybridized carbons (Fsp3) is 0.714. The molecule has 1 saturated heterocycles. The van der Waals surface area contributed by atoms with E-state index in [-0.39, 0.29) is 23.8 Å². The molecule has 4 rings (SSSR count). The number of hydrogen-bond donors (Lipinski definition) is 2. The van der Waals surface area contributed by atoms with Gasteiger partial charge in [0.15, 0.2) is 0 Å². The van der Waals surface area contributed by atoms with E-state index in [9.17, 15) is 9.59 Å². The van der Waals surface area contributed by atoms with E-state index >= 15 is 0 Å². The number of carbonyl (C=O) groups excluding carboxylic acids is 2. The third-order valence-electron chi connectivity index (χ3n) is 6.29. The first kappa shape index (κ1) is 20.4. The standard InChI is InChI=1S/C21H30ClN5O2/c1-13(28)24-16-6-8-17(9-7-16)25-21-23-11-18(22)19(26-21)15-3-2-10-27(12-15)20(29)14-4-5-14/h11,14-17H,2-10,12H2,1H3,(H,24,28)(H,23,25,26)/t15?,16-,17-. The fourth-order valence-corrected chi connectivity index (χ4v) is 4.82. The highest BCUT2D eigenvalue weighted by atomic mass is 35.5. The molecular formula is C21H30ClN5O2. The van der Waals surface area contributed by atoms with Crippen molar-refractivity contribution in [2.24, 2.45) is 5.92 Å². The van der Waals surface area contributed by atoms with Gasteiger partial charge >= 0.3 is 0 Å². The molecule has 0 bridgehead atoms. The monoisotopic (exact) mass is 419 g/mol. The molecule has 3 aliphatic rings. The van der Waals surface area contributed by atoms with Gasteiger partial charge in [0.1, 0.15) is 0 Å². The normalized spacial score (nSPS) is 27.4. The minimum absolute atomic E-state index is 0.0359. The van der Waals surface area contributed by atoms with Crippen molar-refractivity contribution in [2.45, 2.75) is 76.3 Å². The Labute approximate surface area is 177 Å². The largest absolute Gasteiger partial charge is 0.354 e. The molecule has 8 heteroatoms. The summed E-state index contributed by atoms with van der Waals surface area (Å²) in [5.41, 5.74) is 0.851. The molecule has 3 fully saturated rings. The molecule has 2 saturated carbocycles. The average molecular weight is 420 g/mol. The van der Waals surface area contributed by atoms with E-state index in [2.05, 4.69) is 15.6 Å². The van der Waals surface area contributed by atoms with Gasteiger partial charge in [0.2, 0.25) is 17.8 Å². The first-order chi connectivity index (χ1) is 14.0. The van der Waals surface area contributed by atoms with Crippen molar-refractivity contribution in [1.82, 2.24) is 20.2 Å². The Morgan fingerprint density at radius 1 is 1.10 bits per heavy atom. The van der Waals surface area contributed by atoms with Gasteiger partial charge in [0.25, 0.3) is 0 Å². The van der Waals surface area contributed by atoms with Crippen LogP contribution >= 0.6 is 11.6 Å². The van der Waals surface area contributed by atoms with E-state index in [1.54, 1.807) is 13.1 Å². The molecule has 1 atom stereocenters. The molecular weight excluding hydrogens is 390 g/mol. The van der Waals surface area contributed by atoms with Gasteiger partial charge in [0, 0.05) is 43.9 Å². The van der Waals surface area contributed by atoms with E-state index in [0.717, 1.165) is 63.6 Å². The van der Waals surface area contributed by atoms with Crippen molar-refractivity contribution in [2.75, 3.05) is 18.4 Å². The van der Waals surface area contributed by atoms with Crippen LogP contribution in [0.2, 0.25) is 5.02 Å². The van der Waals surface area contributed by atoms with Crippen LogP contribution < -0.4 is 10.6 Å². The zero-order chi connectivity index (χ0) is 20.4. The third-order valence-corrected chi connectivity index (χ3v) is 6.58. The van der Waals surface area contributed by atoms with Crippen LogP contribution in [0.5, 0.6) is 0 Å². The zero-order valence-corrected chi connectivity index (χ0v) is 17.7. The van der Waals surface area contributed by atoms with Crippen LogP contribution in [0.1, 0.15) is 69.9 Å². The topological polar surface area (TPSA) is 87.2 Å². The Bertz CT molecular complexity index is 761. The quantitative estimate of drug-likeness (QED) is 0.765. The zero-order valence-electron chi connectivity index (χ0n) is 17.0. The van der Waals surface area contributed by atoms with Crippen molar-refractivity contribution in [3.8, 4) is 0 Å². The van der Waals surface area contributed by atoms with Crippen molar-refractivity contribution < 1.29 is 9.59 Å². The first-order valence-corrected chi connectivity index (χ1v) is 11.2. The summed E-state index contributed by atoms with van der Waals surface area (Å²) in [7, 11) is 0. The second-order valence-corrected chi connectivity index (χ2v) is 9.13. The Morgan fingerprint density at radius 2 is 1.83 bits per heavy atom. The Kier molecular flexibility index (Phi) is 6.23. The lowest BCUT2D eigenvalue weighted by molar-refractivity contribution is -0.133. The maximum atomic E-state index is 12.5. The van der Waals surface area contributed by atoms with E-state index in [1.807, 2.05) is 4.90 Å². The molecule has 1 aromatic heterocycles. The van der Waals surface area contributed by atoms with Crippen molar-refractivity contribution in [1.29, 1.82) is 0 Å². The molecule has 29 heavy (non-hydrogen) atoms. The van der Waals surface area contributed by atoms with E-state index in [0.29, 0.717) is 29.5 Å². The van der Waals surface area contributed by atoms with Gasteiger partial charge in [-0.1, -0.05) is 11.6 Å². The average Bonchev–Trinajstić information content (AvgIpc) is 3.55. The molecule has 0 aromatic carbocycles. The van der Waals surface area contributed by atoms with Gasteiger partial charge < -0.3 is 15.5 Å². The first-order valence-electron chi connectivity index (χ1n) is 10.8. The van der Waals surface area contributed by atoms with Gasteiger partial charge in [0.05, 0.1) is 16.9 Å². The number of piperidine rings is 1. The third kappa shape index (κ3) is 5.18. The van der Waals surface area contributed by atoms with Crippen LogP contribution in [0.3, 0.4) is 0 Å². The van der Waals surface area contributed by atoms with Gasteiger partial charge in [-0.15, -0.1) is 0 Å². The van der Waals surface area contributed by atoms with Crippen molar-refractivity contribution in [3.05, 3.63) is 16.9 Å². The summed E-state index contributed by atoms with van der Waals surface area (Å²) in [6, 6.07) is 0.567. The number of anilines is 1. The number of nitrogens with one attached hydrogen (secondary N) is 2. The fourth-order valence-electron chi connectivity index (χ4n) is 4.58. The van der Waals surface area contributed by atoms with Crippen LogP contribution in [0.25, 0.3) is 0 Å². The summed E-state index contributed by atoms with van der Waals surface area (Å²) >= 11 is 6.45. The minimum atomic E-state index is 0.0359. The number of amides is 2. The maximum absolute atomic E-state index is 12.5. The van der Waals surface area contributed by atoms with Gasteiger partial charge in [-0.25, -0.2) is 9.97 Å². The molecule has 1 aromatic rings. The lowest BCUT2D eigenvalue weighted by Gasteiger charge is -2.33. The number of carbonyl (C=O) groups is 2. The summed E-state index contributed by atoms with van der Waals surface area (Å²) in [5.74, 6) is 1.36. The van der Waals surface area contributed by atoms with E-state index in [4.69, 9.17) is 16.6 Å². The summed E-state index contributed by atoms with van der Waals surface area (Å²) in [6.45, 7) is 3.11. The highest BCUT2D eigenvalue weighted by Crippen LogP contribution is 2.35. The molecule has 2 heterocycles. The predicted molar refractivity (Wildman–Crippen MR) is 112 cm³/mol. The smallest absolute Gasteiger partial charge is 0.225 e. The number of hydrogen-bond acceptors (Lipinski definition) is 5. The van der Waals surface area contributed by atoms with E-state index < -0.39 is 0 Å². The minimum Gasteiger partial charge on any atom is -0.354 e. The summed E-state index contributed by atoms with van der Waals surface area (Å²) < 4.78 is 0. The molecule has 2 aliphatic carbocycles. The highest BCUT2D eigenvalue weighted by Gasteiger charge is 2.36. The van der Waals surface area contributed by atoms with Crippen LogP contribution in [0.4, 0.5) is 5.95 Å². The number of rotatable bonds is 5. The highest BCUT2D eigenvalue weighted by molar-refractivity contribution is 6.31. The predicted octanol–water partition coefficient (Wildman–Crippen LogP) is 3.11. The molecule has 7 nitrogen and oxygen atoms in total. The van der Waals surface area contributed by atoms with Crippen molar-refractivity contribution in [3.63, 3.8) is 0 Å². The lowest BCUT2D eigenvalue weighted by atomic mass is 9.91. The van der Waals surface area contributed by atoms with Gasteiger partial charge in [-0.3, -0.25) is 9.59 Å². The number of aromatic nitrogens is 2. The molecule has 0 spiro atoms. The van der Waals surface area contributed by atoms with Crippen LogP contribution in [-0.4, -0.2) is 51.9 Å². The van der Waals surface area contributed by atoms with Crippen LogP contribution in [0, 0.1) is 5.92 Å². The Hall–Kier alpha value is -1.89. The molecule has 1 aliphatic heterocycles. The van der Waals surface area contributed by atoms with Crippen molar-refractivity contribution >= 4 is 29.4 Å². The number of likely N-dealkylation sites (tertiary alicyclic amines) is 1. The second-order valence-electron chi connectivity index (χ2n) is 8.72. The van der Waals surface area contributed by atoms with E-state index in [1.165, 1.54) is 0 Å². The Morgan fingerprint density at radius 3 is 2.52 bits per heavy atom.